The number of fused-ring (bicyclic) bond motifs is 1. The minimum absolute atomic E-state index is 0.0508. The third-order valence-electron chi connectivity index (χ3n) is 5.15. The van der Waals surface area contributed by atoms with Crippen LogP contribution in [-0.4, -0.2) is 52.0 Å². The molecule has 2 heterocycles. The molecule has 1 saturated heterocycles. The van der Waals surface area contributed by atoms with Crippen molar-refractivity contribution in [3.63, 3.8) is 0 Å². The van der Waals surface area contributed by atoms with Gasteiger partial charge in [0.25, 0.3) is 5.91 Å². The van der Waals surface area contributed by atoms with Gasteiger partial charge in [0.1, 0.15) is 5.75 Å². The van der Waals surface area contributed by atoms with Crippen molar-refractivity contribution in [2.75, 3.05) is 26.2 Å². The minimum atomic E-state index is -0.0947. The van der Waals surface area contributed by atoms with Gasteiger partial charge in [0.05, 0.1) is 11.1 Å². The maximum atomic E-state index is 12.7. The van der Waals surface area contributed by atoms with Crippen molar-refractivity contribution in [2.45, 2.75) is 13.5 Å². The van der Waals surface area contributed by atoms with Gasteiger partial charge in [-0.25, -0.2) is 0 Å². The smallest absolute Gasteiger partial charge is 0.257 e. The second-order valence-corrected chi connectivity index (χ2v) is 7.08. The van der Waals surface area contributed by atoms with E-state index in [0.29, 0.717) is 18.7 Å². The first-order chi connectivity index (χ1) is 13.1. The Balaban J connectivity index is 1.43. The molecule has 5 nitrogen and oxygen atoms in total. The topological polar surface area (TPSA) is 56.7 Å². The lowest BCUT2D eigenvalue weighted by atomic mass is 10.1. The molecule has 0 radical (unpaired) electrons. The summed E-state index contributed by atoms with van der Waals surface area (Å²) < 4.78 is 0. The van der Waals surface area contributed by atoms with Gasteiger partial charge in [-0.1, -0.05) is 35.9 Å². The number of aromatic hydroxyl groups is 1. The highest BCUT2D eigenvalue weighted by molar-refractivity contribution is 5.97. The van der Waals surface area contributed by atoms with Crippen LogP contribution in [0.2, 0.25) is 0 Å². The molecule has 138 valence electrons. The summed E-state index contributed by atoms with van der Waals surface area (Å²) in [5.74, 6) is -0.0439. The van der Waals surface area contributed by atoms with E-state index in [4.69, 9.17) is 0 Å². The van der Waals surface area contributed by atoms with Crippen LogP contribution in [0.5, 0.6) is 5.75 Å². The Morgan fingerprint density at radius 2 is 1.85 bits per heavy atom. The number of piperazine rings is 1. The van der Waals surface area contributed by atoms with Crippen molar-refractivity contribution in [1.29, 1.82) is 0 Å². The van der Waals surface area contributed by atoms with E-state index < -0.39 is 0 Å². The molecule has 3 aromatic rings. The number of benzene rings is 2. The number of nitrogens with zero attached hydrogens (tertiary/aromatic N) is 3. The van der Waals surface area contributed by atoms with Crippen molar-refractivity contribution in [3.8, 4) is 5.75 Å². The Morgan fingerprint density at radius 1 is 1.07 bits per heavy atom. The van der Waals surface area contributed by atoms with Gasteiger partial charge >= 0.3 is 0 Å². The van der Waals surface area contributed by atoms with E-state index in [9.17, 15) is 9.90 Å². The van der Waals surface area contributed by atoms with Crippen LogP contribution >= 0.6 is 0 Å². The molecule has 0 unspecified atom stereocenters. The van der Waals surface area contributed by atoms with E-state index in [2.05, 4.69) is 34.1 Å². The Bertz CT molecular complexity index is 973. The van der Waals surface area contributed by atoms with Crippen molar-refractivity contribution in [2.24, 2.45) is 0 Å². The van der Waals surface area contributed by atoms with Crippen LogP contribution in [-0.2, 0) is 6.54 Å². The lowest BCUT2D eigenvalue weighted by molar-refractivity contribution is 0.0626. The summed E-state index contributed by atoms with van der Waals surface area (Å²) in [6.45, 7) is 5.68. The molecule has 1 N–H and O–H groups in total. The summed E-state index contributed by atoms with van der Waals surface area (Å²) in [5, 5.41) is 11.2. The Morgan fingerprint density at radius 3 is 2.67 bits per heavy atom. The molecule has 1 aliphatic heterocycles. The number of hydrogen-bond acceptors (Lipinski definition) is 4. The van der Waals surface area contributed by atoms with E-state index in [1.54, 1.807) is 12.1 Å². The van der Waals surface area contributed by atoms with E-state index in [1.165, 1.54) is 5.56 Å². The monoisotopic (exact) mass is 361 g/mol. The van der Waals surface area contributed by atoms with Crippen molar-refractivity contribution < 1.29 is 9.90 Å². The molecule has 5 heteroatoms. The molecular weight excluding hydrogens is 338 g/mol. The maximum Gasteiger partial charge on any atom is 0.257 e. The summed E-state index contributed by atoms with van der Waals surface area (Å²) in [7, 11) is 0. The largest absolute Gasteiger partial charge is 0.507 e. The predicted molar refractivity (Wildman–Crippen MR) is 106 cm³/mol. The molecule has 4 rings (SSSR count). The van der Waals surface area contributed by atoms with Crippen molar-refractivity contribution in [1.82, 2.24) is 14.8 Å². The highest BCUT2D eigenvalue weighted by atomic mass is 16.3. The number of aromatic nitrogens is 1. The van der Waals surface area contributed by atoms with Crippen LogP contribution < -0.4 is 0 Å². The number of carbonyl (C=O) groups excluding carboxylic acids is 1. The van der Waals surface area contributed by atoms with Gasteiger partial charge in [0.2, 0.25) is 0 Å². The molecule has 0 aliphatic carbocycles. The lowest BCUT2D eigenvalue weighted by Gasteiger charge is -2.35. The van der Waals surface area contributed by atoms with Crippen molar-refractivity contribution >= 4 is 16.8 Å². The van der Waals surface area contributed by atoms with Crippen LogP contribution in [0.1, 0.15) is 21.5 Å². The van der Waals surface area contributed by atoms with Crippen LogP contribution in [0, 0.1) is 6.92 Å². The van der Waals surface area contributed by atoms with Crippen LogP contribution in [0.25, 0.3) is 10.9 Å². The number of carbonyl (C=O) groups is 1. The number of pyridine rings is 1. The summed E-state index contributed by atoms with van der Waals surface area (Å²) >= 11 is 0. The maximum absolute atomic E-state index is 12.7. The van der Waals surface area contributed by atoms with Crippen molar-refractivity contribution in [3.05, 3.63) is 71.4 Å². The first-order valence-electron chi connectivity index (χ1n) is 9.26. The average molecular weight is 361 g/mol. The number of hydrogen-bond donors (Lipinski definition) is 1. The van der Waals surface area contributed by atoms with E-state index >= 15 is 0 Å². The second-order valence-electron chi connectivity index (χ2n) is 7.08. The zero-order valence-electron chi connectivity index (χ0n) is 15.4. The fourth-order valence-electron chi connectivity index (χ4n) is 3.64. The van der Waals surface area contributed by atoms with Gasteiger partial charge in [-0.05, 0) is 30.7 Å². The highest BCUT2D eigenvalue weighted by Crippen LogP contribution is 2.22. The minimum Gasteiger partial charge on any atom is -0.507 e. The molecule has 0 atom stereocenters. The number of para-hydroxylation sites is 1. The van der Waals surface area contributed by atoms with Gasteiger partial charge in [-0.15, -0.1) is 0 Å². The number of aryl methyl sites for hydroxylation is 1. The van der Waals surface area contributed by atoms with Gasteiger partial charge in [0.15, 0.2) is 0 Å². The Labute approximate surface area is 158 Å². The second kappa shape index (κ2) is 7.37. The molecule has 27 heavy (non-hydrogen) atoms. The predicted octanol–water partition coefficient (Wildman–Crippen LogP) is 3.21. The summed E-state index contributed by atoms with van der Waals surface area (Å²) in [6.07, 6.45) is 1.83. The van der Waals surface area contributed by atoms with Gasteiger partial charge in [0, 0.05) is 44.3 Å². The number of phenolic OH excluding ortho intramolecular Hbond substituents is 1. The fourth-order valence-corrected chi connectivity index (χ4v) is 3.64. The quantitative estimate of drug-likeness (QED) is 0.778. The lowest BCUT2D eigenvalue weighted by Crippen LogP contribution is -2.48. The molecule has 0 saturated carbocycles. The third kappa shape index (κ3) is 3.64. The van der Waals surface area contributed by atoms with Crippen LogP contribution in [0.3, 0.4) is 0 Å². The first-order valence-corrected chi connectivity index (χ1v) is 9.26. The number of rotatable bonds is 3. The van der Waals surface area contributed by atoms with E-state index in [-0.39, 0.29) is 11.7 Å². The molecule has 0 bridgehead atoms. The van der Waals surface area contributed by atoms with Gasteiger partial charge < -0.3 is 10.0 Å². The van der Waals surface area contributed by atoms with Gasteiger partial charge in [-0.3, -0.25) is 14.7 Å². The van der Waals surface area contributed by atoms with E-state index in [1.807, 2.05) is 30.2 Å². The first kappa shape index (κ1) is 17.5. The van der Waals surface area contributed by atoms with Gasteiger partial charge in [-0.2, -0.15) is 0 Å². The molecule has 2 aromatic carbocycles. The van der Waals surface area contributed by atoms with Crippen LogP contribution in [0.15, 0.2) is 54.7 Å². The zero-order chi connectivity index (χ0) is 18.8. The SMILES string of the molecule is Cc1ccc(O)c(C(=O)N2CCN(Cc3cccc4cccnc34)CC2)c1. The molecule has 1 amide bonds. The van der Waals surface area contributed by atoms with Crippen LogP contribution in [0.4, 0.5) is 0 Å². The molecule has 0 spiro atoms. The van der Waals surface area contributed by atoms with E-state index in [0.717, 1.165) is 36.1 Å². The molecule has 1 aliphatic rings. The molecule has 1 fully saturated rings. The summed E-state index contributed by atoms with van der Waals surface area (Å²) in [4.78, 5) is 21.5. The Kier molecular flexibility index (Phi) is 4.77. The molecule has 1 aromatic heterocycles. The summed E-state index contributed by atoms with van der Waals surface area (Å²) in [5.41, 5.74) is 3.62. The fraction of sp³-hybridized carbons (Fsp3) is 0.273. The normalized spacial score (nSPS) is 15.2. The number of amides is 1. The third-order valence-corrected chi connectivity index (χ3v) is 5.15. The Hall–Kier alpha value is -2.92. The zero-order valence-corrected chi connectivity index (χ0v) is 15.4. The number of phenols is 1. The molecular formula is C22H23N3O2. The average Bonchev–Trinajstić information content (AvgIpc) is 2.70. The highest BCUT2D eigenvalue weighted by Gasteiger charge is 2.24. The standard InChI is InChI=1S/C22H23N3O2/c1-16-7-8-20(26)19(14-16)22(27)25-12-10-24(11-13-25)15-18-5-2-4-17-6-3-9-23-21(17)18/h2-9,14,26H,10-13,15H2,1H3. The summed E-state index contributed by atoms with van der Waals surface area (Å²) in [6, 6.07) is 15.5.